The van der Waals surface area contributed by atoms with Gasteiger partial charge in [0, 0.05) is 6.92 Å². The zero-order chi connectivity index (χ0) is 9.68. The Balaban J connectivity index is 2.35. The van der Waals surface area contributed by atoms with E-state index in [2.05, 4.69) is 10.6 Å². The van der Waals surface area contributed by atoms with E-state index in [9.17, 15) is 9.59 Å². The molecular formula is C9H12N2O2. The quantitative estimate of drug-likeness (QED) is 0.584. The molecule has 1 rings (SSSR count). The van der Waals surface area contributed by atoms with Gasteiger partial charge in [-0.2, -0.15) is 0 Å². The Morgan fingerprint density at radius 1 is 1.31 bits per heavy atom. The molecular weight excluding hydrogens is 168 g/mol. The van der Waals surface area contributed by atoms with Crippen molar-refractivity contribution in [2.75, 3.05) is 0 Å². The maximum atomic E-state index is 11.0. The van der Waals surface area contributed by atoms with Gasteiger partial charge in [-0.1, -0.05) is 24.3 Å². The van der Waals surface area contributed by atoms with E-state index in [1.807, 2.05) is 24.3 Å². The first-order valence-corrected chi connectivity index (χ1v) is 4.10. The van der Waals surface area contributed by atoms with Crippen LogP contribution in [-0.2, 0) is 4.79 Å². The van der Waals surface area contributed by atoms with Crippen LogP contribution in [0.1, 0.15) is 13.3 Å². The Hall–Kier alpha value is -1.58. The van der Waals surface area contributed by atoms with Gasteiger partial charge >= 0.3 is 6.03 Å². The van der Waals surface area contributed by atoms with Gasteiger partial charge in [0.05, 0.1) is 6.04 Å². The second-order valence-corrected chi connectivity index (χ2v) is 2.77. The molecule has 13 heavy (non-hydrogen) atoms. The third-order valence-corrected chi connectivity index (χ3v) is 1.55. The van der Waals surface area contributed by atoms with Crippen molar-refractivity contribution in [3.05, 3.63) is 24.3 Å². The Morgan fingerprint density at radius 2 is 1.92 bits per heavy atom. The number of hydrogen-bond acceptors (Lipinski definition) is 2. The summed E-state index contributed by atoms with van der Waals surface area (Å²) in [5.74, 6) is -0.360. The summed E-state index contributed by atoms with van der Waals surface area (Å²) in [6.07, 6.45) is 8.56. The lowest BCUT2D eigenvalue weighted by Gasteiger charge is -2.12. The molecule has 70 valence electrons. The standard InChI is InChI=1S/C9H12N2O2/c1-7(12)10-9(13)11-8-5-3-2-4-6-8/h3-6,8H,2H2,1H3,(H2,10,11,12,13). The fraction of sp³-hybridized carbons (Fsp3) is 0.333. The molecule has 0 bridgehead atoms. The molecule has 0 atom stereocenters. The lowest BCUT2D eigenvalue weighted by Crippen LogP contribution is -2.42. The van der Waals surface area contributed by atoms with Crippen molar-refractivity contribution in [3.8, 4) is 0 Å². The van der Waals surface area contributed by atoms with Gasteiger partial charge in [-0.3, -0.25) is 10.1 Å². The minimum Gasteiger partial charge on any atom is -0.328 e. The van der Waals surface area contributed by atoms with Crippen LogP contribution >= 0.6 is 0 Å². The van der Waals surface area contributed by atoms with Gasteiger partial charge in [0.1, 0.15) is 0 Å². The molecule has 1 aliphatic rings. The van der Waals surface area contributed by atoms with Crippen LogP contribution in [0.5, 0.6) is 0 Å². The van der Waals surface area contributed by atoms with E-state index in [-0.39, 0.29) is 11.9 Å². The molecule has 0 spiro atoms. The average molecular weight is 180 g/mol. The van der Waals surface area contributed by atoms with Crippen molar-refractivity contribution < 1.29 is 9.59 Å². The van der Waals surface area contributed by atoms with Gasteiger partial charge in [0.25, 0.3) is 0 Å². The van der Waals surface area contributed by atoms with Crippen molar-refractivity contribution in [2.45, 2.75) is 19.4 Å². The highest BCUT2D eigenvalue weighted by Gasteiger charge is 2.07. The second kappa shape index (κ2) is 4.45. The van der Waals surface area contributed by atoms with E-state index >= 15 is 0 Å². The first kappa shape index (κ1) is 9.51. The minimum absolute atomic E-state index is 0.104. The molecule has 0 unspecified atom stereocenters. The molecule has 0 aromatic carbocycles. The molecule has 1 aliphatic carbocycles. The molecule has 3 amide bonds. The van der Waals surface area contributed by atoms with Crippen molar-refractivity contribution >= 4 is 11.9 Å². The number of imide groups is 1. The molecule has 2 N–H and O–H groups in total. The Bertz CT molecular complexity index is 257. The van der Waals surface area contributed by atoms with Gasteiger partial charge in [-0.05, 0) is 6.42 Å². The first-order valence-electron chi connectivity index (χ1n) is 4.10. The number of rotatable bonds is 1. The van der Waals surface area contributed by atoms with Gasteiger partial charge in [-0.15, -0.1) is 0 Å². The van der Waals surface area contributed by atoms with Crippen LogP contribution in [-0.4, -0.2) is 18.0 Å². The van der Waals surface area contributed by atoms with E-state index in [4.69, 9.17) is 0 Å². The van der Waals surface area contributed by atoms with Crippen LogP contribution in [0.2, 0.25) is 0 Å². The fourth-order valence-electron chi connectivity index (χ4n) is 1.04. The summed E-state index contributed by atoms with van der Waals surface area (Å²) >= 11 is 0. The Labute approximate surface area is 76.7 Å². The van der Waals surface area contributed by atoms with Gasteiger partial charge < -0.3 is 5.32 Å². The van der Waals surface area contributed by atoms with Gasteiger partial charge in [0.2, 0.25) is 5.91 Å². The SMILES string of the molecule is CC(=O)NC(=O)NC1C=CCC=C1. The lowest BCUT2D eigenvalue weighted by atomic mass is 10.1. The summed E-state index contributed by atoms with van der Waals surface area (Å²) in [6.45, 7) is 1.30. The summed E-state index contributed by atoms with van der Waals surface area (Å²) in [7, 11) is 0. The Kier molecular flexibility index (Phi) is 3.25. The summed E-state index contributed by atoms with van der Waals surface area (Å²) < 4.78 is 0. The van der Waals surface area contributed by atoms with Crippen molar-refractivity contribution in [2.24, 2.45) is 0 Å². The van der Waals surface area contributed by atoms with Crippen LogP contribution in [0.4, 0.5) is 4.79 Å². The zero-order valence-corrected chi connectivity index (χ0v) is 7.41. The number of carbonyl (C=O) groups excluding carboxylic acids is 2. The number of urea groups is 1. The zero-order valence-electron chi connectivity index (χ0n) is 7.41. The third kappa shape index (κ3) is 3.55. The average Bonchev–Trinajstić information content (AvgIpc) is 2.04. The Morgan fingerprint density at radius 3 is 2.46 bits per heavy atom. The number of amides is 3. The van der Waals surface area contributed by atoms with E-state index in [1.54, 1.807) is 0 Å². The monoisotopic (exact) mass is 180 g/mol. The normalized spacial score (nSPS) is 15.5. The number of carbonyl (C=O) groups is 2. The molecule has 0 saturated carbocycles. The molecule has 0 aromatic rings. The van der Waals surface area contributed by atoms with Crippen LogP contribution in [0, 0.1) is 0 Å². The highest BCUT2D eigenvalue weighted by Crippen LogP contribution is 2.00. The summed E-state index contributed by atoms with van der Waals surface area (Å²) in [6, 6.07) is -0.568. The smallest absolute Gasteiger partial charge is 0.322 e. The molecule has 0 aliphatic heterocycles. The summed E-state index contributed by atoms with van der Waals surface area (Å²) in [4.78, 5) is 21.5. The minimum atomic E-state index is -0.464. The van der Waals surface area contributed by atoms with E-state index < -0.39 is 6.03 Å². The topological polar surface area (TPSA) is 58.2 Å². The van der Waals surface area contributed by atoms with E-state index in [0.29, 0.717) is 0 Å². The molecule has 4 heteroatoms. The molecule has 0 saturated heterocycles. The molecule has 4 nitrogen and oxygen atoms in total. The number of hydrogen-bond donors (Lipinski definition) is 2. The van der Waals surface area contributed by atoms with Crippen molar-refractivity contribution in [1.29, 1.82) is 0 Å². The highest BCUT2D eigenvalue weighted by molar-refractivity contribution is 5.93. The lowest BCUT2D eigenvalue weighted by molar-refractivity contribution is -0.117. The molecule has 0 aromatic heterocycles. The van der Waals surface area contributed by atoms with Crippen LogP contribution in [0.3, 0.4) is 0 Å². The van der Waals surface area contributed by atoms with Gasteiger partial charge in [-0.25, -0.2) is 4.79 Å². The predicted octanol–water partition coefficient (Wildman–Crippen LogP) is 0.717. The van der Waals surface area contributed by atoms with Crippen LogP contribution in [0.15, 0.2) is 24.3 Å². The molecule has 0 fully saturated rings. The number of nitrogens with one attached hydrogen (secondary N) is 2. The van der Waals surface area contributed by atoms with E-state index in [0.717, 1.165) is 6.42 Å². The third-order valence-electron chi connectivity index (χ3n) is 1.55. The van der Waals surface area contributed by atoms with Gasteiger partial charge in [0.15, 0.2) is 0 Å². The van der Waals surface area contributed by atoms with Crippen molar-refractivity contribution in [1.82, 2.24) is 10.6 Å². The number of allylic oxidation sites excluding steroid dienone is 2. The molecule has 0 heterocycles. The van der Waals surface area contributed by atoms with E-state index in [1.165, 1.54) is 6.92 Å². The summed E-state index contributed by atoms with van der Waals surface area (Å²) in [5.41, 5.74) is 0. The predicted molar refractivity (Wildman–Crippen MR) is 49.0 cm³/mol. The fourth-order valence-corrected chi connectivity index (χ4v) is 1.04. The molecule has 0 radical (unpaired) electrons. The maximum absolute atomic E-state index is 11.0. The summed E-state index contributed by atoms with van der Waals surface area (Å²) in [5, 5.41) is 4.74. The first-order chi connectivity index (χ1) is 6.18. The maximum Gasteiger partial charge on any atom is 0.322 e. The van der Waals surface area contributed by atoms with Crippen LogP contribution in [0.25, 0.3) is 0 Å². The highest BCUT2D eigenvalue weighted by atomic mass is 16.2. The van der Waals surface area contributed by atoms with Crippen LogP contribution < -0.4 is 10.6 Å². The van der Waals surface area contributed by atoms with Crippen molar-refractivity contribution in [3.63, 3.8) is 0 Å². The second-order valence-electron chi connectivity index (χ2n) is 2.77. The largest absolute Gasteiger partial charge is 0.328 e.